The highest BCUT2D eigenvalue weighted by atomic mass is 127. The second-order valence-corrected chi connectivity index (χ2v) is 7.29. The Balaban J connectivity index is 0.00000363. The molecular weight excluding hydrogens is 523 g/mol. The molecule has 1 aliphatic rings. The summed E-state index contributed by atoms with van der Waals surface area (Å²) in [6.07, 6.45) is 1.66. The number of benzene rings is 1. The van der Waals surface area contributed by atoms with Gasteiger partial charge in [0.05, 0.1) is 19.7 Å². The number of hydrogen-bond acceptors (Lipinski definition) is 6. The first-order valence-electron chi connectivity index (χ1n) is 10.7. The summed E-state index contributed by atoms with van der Waals surface area (Å²) in [5.41, 5.74) is 1.74. The third-order valence-corrected chi connectivity index (χ3v) is 4.97. The predicted molar refractivity (Wildman–Crippen MR) is 135 cm³/mol. The normalized spacial score (nSPS) is 14.7. The molecule has 2 aromatic rings. The summed E-state index contributed by atoms with van der Waals surface area (Å²) in [5.74, 6) is 1.50. The monoisotopic (exact) mass is 556 g/mol. The number of ether oxygens (including phenoxy) is 1. The van der Waals surface area contributed by atoms with Crippen molar-refractivity contribution in [1.82, 2.24) is 25.4 Å². The van der Waals surface area contributed by atoms with Crippen LogP contribution in [-0.2, 0) is 16.1 Å². The maximum Gasteiger partial charge on any atom is 0.234 e. The zero-order chi connectivity index (χ0) is 21.9. The Morgan fingerprint density at radius 1 is 1.19 bits per heavy atom. The molecule has 32 heavy (non-hydrogen) atoms. The van der Waals surface area contributed by atoms with Gasteiger partial charge in [-0.3, -0.25) is 9.69 Å². The van der Waals surface area contributed by atoms with Gasteiger partial charge < -0.3 is 24.7 Å². The lowest BCUT2D eigenvalue weighted by molar-refractivity contribution is -0.122. The molecule has 0 aliphatic carbocycles. The van der Waals surface area contributed by atoms with E-state index in [4.69, 9.17) is 14.1 Å². The second-order valence-electron chi connectivity index (χ2n) is 7.29. The lowest BCUT2D eigenvalue weighted by Crippen LogP contribution is -2.54. The van der Waals surface area contributed by atoms with Crippen LogP contribution in [0.3, 0.4) is 0 Å². The fourth-order valence-electron chi connectivity index (χ4n) is 3.34. The van der Waals surface area contributed by atoms with E-state index in [9.17, 15) is 4.79 Å². The van der Waals surface area contributed by atoms with Crippen molar-refractivity contribution in [1.29, 1.82) is 0 Å². The van der Waals surface area contributed by atoms with E-state index in [2.05, 4.69) is 32.3 Å². The van der Waals surface area contributed by atoms with Gasteiger partial charge in [-0.05, 0) is 19.1 Å². The van der Waals surface area contributed by atoms with Crippen LogP contribution in [0.15, 0.2) is 46.0 Å². The molecule has 9 nitrogen and oxygen atoms in total. The van der Waals surface area contributed by atoms with Crippen LogP contribution < -0.4 is 10.6 Å². The zero-order valence-electron chi connectivity index (χ0n) is 18.7. The molecule has 0 bridgehead atoms. The third-order valence-electron chi connectivity index (χ3n) is 4.97. The summed E-state index contributed by atoms with van der Waals surface area (Å²) < 4.78 is 10.6. The first-order chi connectivity index (χ1) is 15.2. The molecule has 0 spiro atoms. The molecule has 1 aliphatic heterocycles. The van der Waals surface area contributed by atoms with Gasteiger partial charge in [-0.25, -0.2) is 9.98 Å². The minimum Gasteiger partial charge on any atom is -0.444 e. The molecule has 10 heteroatoms. The molecule has 3 rings (SSSR count). The quantitative estimate of drug-likeness (QED) is 0.211. The maximum absolute atomic E-state index is 12.0. The summed E-state index contributed by atoms with van der Waals surface area (Å²) in [5, 5.41) is 6.22. The number of nitrogens with zero attached hydrogens (tertiary/aromatic N) is 4. The lowest BCUT2D eigenvalue weighted by Gasteiger charge is -2.36. The first-order valence-corrected chi connectivity index (χ1v) is 10.7. The molecule has 0 saturated carbocycles. The van der Waals surface area contributed by atoms with E-state index in [0.717, 1.165) is 49.9 Å². The topological polar surface area (TPSA) is 95.2 Å². The Hall–Kier alpha value is -2.18. The summed E-state index contributed by atoms with van der Waals surface area (Å²) >= 11 is 0. The van der Waals surface area contributed by atoms with Gasteiger partial charge in [-0.2, -0.15) is 0 Å². The number of guanidine groups is 1. The van der Waals surface area contributed by atoms with Crippen molar-refractivity contribution in [3.8, 4) is 11.5 Å². The third kappa shape index (κ3) is 8.06. The highest BCUT2D eigenvalue weighted by Crippen LogP contribution is 2.18. The van der Waals surface area contributed by atoms with Gasteiger partial charge in [0.15, 0.2) is 5.96 Å². The summed E-state index contributed by atoms with van der Waals surface area (Å²) in [4.78, 5) is 25.7. The van der Waals surface area contributed by atoms with Gasteiger partial charge in [0.2, 0.25) is 11.8 Å². The molecule has 0 atom stereocenters. The van der Waals surface area contributed by atoms with Crippen molar-refractivity contribution >= 4 is 35.8 Å². The van der Waals surface area contributed by atoms with Crippen molar-refractivity contribution in [3.05, 3.63) is 42.3 Å². The van der Waals surface area contributed by atoms with Crippen molar-refractivity contribution < 1.29 is 13.9 Å². The number of piperazine rings is 1. The summed E-state index contributed by atoms with van der Waals surface area (Å²) in [7, 11) is 1.62. The SMILES string of the molecule is CCNC(=NCc1coc(-c2ccccc2)n1)N1CCN(CC(=O)NCCOC)CC1.I. The number of carbonyl (C=O) groups is 1. The van der Waals surface area contributed by atoms with Gasteiger partial charge in [0.25, 0.3) is 0 Å². The minimum atomic E-state index is 0. The Bertz CT molecular complexity index is 837. The van der Waals surface area contributed by atoms with Crippen LogP contribution in [0, 0.1) is 0 Å². The van der Waals surface area contributed by atoms with Crippen molar-refractivity contribution in [2.45, 2.75) is 13.5 Å². The van der Waals surface area contributed by atoms with Gasteiger partial charge in [0.1, 0.15) is 12.0 Å². The van der Waals surface area contributed by atoms with Crippen LogP contribution in [0.1, 0.15) is 12.6 Å². The molecule has 1 amide bonds. The largest absolute Gasteiger partial charge is 0.444 e. The average Bonchev–Trinajstić information content (AvgIpc) is 3.27. The molecule has 0 unspecified atom stereocenters. The highest BCUT2D eigenvalue weighted by molar-refractivity contribution is 14.0. The number of hydrogen-bond donors (Lipinski definition) is 2. The zero-order valence-corrected chi connectivity index (χ0v) is 21.1. The summed E-state index contributed by atoms with van der Waals surface area (Å²) in [6, 6.07) is 9.83. The smallest absolute Gasteiger partial charge is 0.234 e. The van der Waals surface area contributed by atoms with Gasteiger partial charge in [-0.15, -0.1) is 24.0 Å². The molecule has 176 valence electrons. The summed E-state index contributed by atoms with van der Waals surface area (Å²) in [6.45, 7) is 8.01. The van der Waals surface area contributed by atoms with Crippen LogP contribution in [0.25, 0.3) is 11.5 Å². The van der Waals surface area contributed by atoms with Crippen molar-refractivity contribution in [2.24, 2.45) is 4.99 Å². The fraction of sp³-hybridized carbons (Fsp3) is 0.500. The van der Waals surface area contributed by atoms with E-state index in [1.54, 1.807) is 13.4 Å². The van der Waals surface area contributed by atoms with Crippen LogP contribution in [0.4, 0.5) is 0 Å². The standard InChI is InChI=1S/C22H32N6O3.HI/c1-3-23-22(25-15-19-17-31-21(26-19)18-7-5-4-6-8-18)28-12-10-27(11-13-28)16-20(29)24-9-14-30-2;/h4-8,17H,3,9-16H2,1-2H3,(H,23,25)(H,24,29);1H. The maximum atomic E-state index is 12.0. The molecule has 1 fully saturated rings. The Kier molecular flexibility index (Phi) is 11.5. The van der Waals surface area contributed by atoms with Crippen LogP contribution in [0.5, 0.6) is 0 Å². The number of aromatic nitrogens is 1. The van der Waals surface area contributed by atoms with Crippen LogP contribution in [0.2, 0.25) is 0 Å². The van der Waals surface area contributed by atoms with Gasteiger partial charge in [-0.1, -0.05) is 18.2 Å². The van der Waals surface area contributed by atoms with E-state index in [-0.39, 0.29) is 29.9 Å². The number of halogens is 1. The van der Waals surface area contributed by atoms with Crippen molar-refractivity contribution in [2.75, 3.05) is 59.5 Å². The highest BCUT2D eigenvalue weighted by Gasteiger charge is 2.21. The molecular formula is C22H33IN6O3. The predicted octanol–water partition coefficient (Wildman–Crippen LogP) is 1.81. The van der Waals surface area contributed by atoms with Gasteiger partial charge in [0, 0.05) is 51.9 Å². The Labute approximate surface area is 206 Å². The lowest BCUT2D eigenvalue weighted by atomic mass is 10.2. The Morgan fingerprint density at radius 3 is 2.62 bits per heavy atom. The molecule has 2 N–H and O–H groups in total. The molecule has 0 radical (unpaired) electrons. The van der Waals surface area contributed by atoms with E-state index in [1.807, 2.05) is 30.3 Å². The molecule has 1 aromatic heterocycles. The Morgan fingerprint density at radius 2 is 1.94 bits per heavy atom. The van der Waals surface area contributed by atoms with Crippen molar-refractivity contribution in [3.63, 3.8) is 0 Å². The number of aliphatic imine (C=N–C) groups is 1. The van der Waals surface area contributed by atoms with E-state index in [0.29, 0.717) is 32.1 Å². The van der Waals surface area contributed by atoms with Gasteiger partial charge >= 0.3 is 0 Å². The number of oxazole rings is 1. The number of amides is 1. The fourth-order valence-corrected chi connectivity index (χ4v) is 3.34. The van der Waals surface area contributed by atoms with E-state index in [1.165, 1.54) is 0 Å². The van der Waals surface area contributed by atoms with E-state index >= 15 is 0 Å². The number of nitrogens with one attached hydrogen (secondary N) is 2. The van der Waals surface area contributed by atoms with Crippen LogP contribution >= 0.6 is 24.0 Å². The molecule has 1 saturated heterocycles. The molecule has 1 aromatic carbocycles. The average molecular weight is 556 g/mol. The second kappa shape index (κ2) is 14.1. The number of carbonyl (C=O) groups excluding carboxylic acids is 1. The number of rotatable bonds is 9. The molecule has 2 heterocycles. The minimum absolute atomic E-state index is 0. The first kappa shape index (κ1) is 26.1. The van der Waals surface area contributed by atoms with E-state index < -0.39 is 0 Å². The van der Waals surface area contributed by atoms with Crippen LogP contribution in [-0.4, -0.2) is 86.2 Å². The number of methoxy groups -OCH3 is 1.